The highest BCUT2D eigenvalue weighted by Crippen LogP contribution is 2.36. The summed E-state index contributed by atoms with van der Waals surface area (Å²) in [7, 11) is 0. The van der Waals surface area contributed by atoms with Crippen LogP contribution in [-0.4, -0.2) is 11.0 Å². The summed E-state index contributed by atoms with van der Waals surface area (Å²) in [5.74, 6) is -1.12. The maximum atomic E-state index is 11.9. The van der Waals surface area contributed by atoms with E-state index in [0.717, 1.165) is 35.2 Å². The summed E-state index contributed by atoms with van der Waals surface area (Å²) in [5.41, 5.74) is 4.79. The van der Waals surface area contributed by atoms with Crippen molar-refractivity contribution in [3.05, 3.63) is 89.1 Å². The molecule has 0 N–H and O–H groups in total. The number of carbonyl (C=O) groups is 1. The number of fused-ring (bicyclic) bond motifs is 3. The number of nitrogens with zero attached hydrogens (tertiary/aromatic N) is 1. The Kier molecular flexibility index (Phi) is 3.94. The first-order chi connectivity index (χ1) is 13.7. The van der Waals surface area contributed by atoms with Crippen LogP contribution in [0.2, 0.25) is 0 Å². The van der Waals surface area contributed by atoms with Gasteiger partial charge in [0.2, 0.25) is 0 Å². The van der Waals surface area contributed by atoms with E-state index in [2.05, 4.69) is 36.4 Å². The number of benzene rings is 3. The zero-order valence-corrected chi connectivity index (χ0v) is 15.3. The van der Waals surface area contributed by atoms with Gasteiger partial charge in [0.15, 0.2) is 0 Å². The molecule has 5 rings (SSSR count). The number of carboxylic acids is 1. The van der Waals surface area contributed by atoms with E-state index >= 15 is 0 Å². The number of allylic oxidation sites excluding steroid dienone is 1. The number of aromatic nitrogens is 1. The Labute approximate surface area is 163 Å². The second-order valence-electron chi connectivity index (χ2n) is 7.25. The second-order valence-corrected chi connectivity index (χ2v) is 7.25. The number of rotatable bonds is 2. The minimum Gasteiger partial charge on any atom is -0.545 e. The third kappa shape index (κ3) is 2.76. The molecule has 0 spiro atoms. The zero-order valence-electron chi connectivity index (χ0n) is 15.3. The van der Waals surface area contributed by atoms with Crippen molar-refractivity contribution in [2.75, 3.05) is 0 Å². The molecule has 136 valence electrons. The first kappa shape index (κ1) is 16.7. The second kappa shape index (κ2) is 6.61. The molecule has 1 heterocycles. The van der Waals surface area contributed by atoms with Crippen LogP contribution in [0.25, 0.3) is 33.3 Å². The van der Waals surface area contributed by atoms with Crippen LogP contribution < -0.4 is 5.11 Å². The summed E-state index contributed by atoms with van der Waals surface area (Å²) >= 11 is 0. The molecule has 0 amide bonds. The average Bonchev–Trinajstić information content (AvgIpc) is 2.72. The maximum absolute atomic E-state index is 11.9. The van der Waals surface area contributed by atoms with Crippen molar-refractivity contribution >= 4 is 39.3 Å². The van der Waals surface area contributed by atoms with E-state index in [0.29, 0.717) is 22.9 Å². The number of carbonyl (C=O) groups excluding carboxylic acids is 1. The molecule has 4 aromatic rings. The Morgan fingerprint density at radius 1 is 0.929 bits per heavy atom. The van der Waals surface area contributed by atoms with Gasteiger partial charge in [0.1, 0.15) is 0 Å². The molecular weight excluding hydrogens is 346 g/mol. The van der Waals surface area contributed by atoms with Gasteiger partial charge < -0.3 is 9.90 Å². The molecule has 1 aromatic heterocycles. The summed E-state index contributed by atoms with van der Waals surface area (Å²) in [6, 6.07) is 22.1. The SMILES string of the molecule is O=C([O-])c1c2c(nc3ccccc13)/C(=C/c1ccc3ccccc3c1)CCC2. The Bertz CT molecular complexity index is 1270. The van der Waals surface area contributed by atoms with Crippen LogP contribution in [0.1, 0.15) is 40.0 Å². The lowest BCUT2D eigenvalue weighted by Crippen LogP contribution is -2.26. The molecule has 0 saturated heterocycles. The van der Waals surface area contributed by atoms with Crippen molar-refractivity contribution in [1.29, 1.82) is 0 Å². The highest BCUT2D eigenvalue weighted by molar-refractivity contribution is 6.05. The monoisotopic (exact) mass is 364 g/mol. The molecule has 0 aliphatic heterocycles. The van der Waals surface area contributed by atoms with Crippen molar-refractivity contribution in [3.8, 4) is 0 Å². The minimum absolute atomic E-state index is 0.296. The number of hydrogen-bond donors (Lipinski definition) is 0. The predicted octanol–water partition coefficient (Wildman–Crippen LogP) is 4.63. The number of para-hydroxylation sites is 1. The van der Waals surface area contributed by atoms with E-state index < -0.39 is 5.97 Å². The first-order valence-corrected chi connectivity index (χ1v) is 9.53. The molecule has 0 bridgehead atoms. The molecule has 0 saturated carbocycles. The van der Waals surface area contributed by atoms with Gasteiger partial charge >= 0.3 is 0 Å². The Balaban J connectivity index is 1.71. The lowest BCUT2D eigenvalue weighted by molar-refractivity contribution is -0.254. The van der Waals surface area contributed by atoms with E-state index in [1.165, 1.54) is 10.8 Å². The zero-order chi connectivity index (χ0) is 19.1. The number of carboxylic acid groups (broad SMARTS) is 1. The van der Waals surface area contributed by atoms with Crippen molar-refractivity contribution in [2.24, 2.45) is 0 Å². The van der Waals surface area contributed by atoms with Gasteiger partial charge in [-0.3, -0.25) is 0 Å². The molecule has 3 aromatic carbocycles. The lowest BCUT2D eigenvalue weighted by Gasteiger charge is -2.23. The first-order valence-electron chi connectivity index (χ1n) is 9.53. The van der Waals surface area contributed by atoms with Crippen LogP contribution in [-0.2, 0) is 6.42 Å². The van der Waals surface area contributed by atoms with Crippen molar-refractivity contribution in [3.63, 3.8) is 0 Å². The van der Waals surface area contributed by atoms with Crippen molar-refractivity contribution in [1.82, 2.24) is 4.98 Å². The fourth-order valence-corrected chi connectivity index (χ4v) is 4.21. The third-order valence-corrected chi connectivity index (χ3v) is 5.49. The van der Waals surface area contributed by atoms with E-state index in [1.807, 2.05) is 36.4 Å². The van der Waals surface area contributed by atoms with Gasteiger partial charge in [-0.25, -0.2) is 4.98 Å². The van der Waals surface area contributed by atoms with E-state index in [4.69, 9.17) is 4.98 Å². The Hall–Kier alpha value is -3.46. The standard InChI is InChI=1S/C25H19NO2/c27-25(28)23-20-9-3-4-11-22(20)26-24-19(8-5-10-21(23)24)15-16-12-13-17-6-1-2-7-18(17)14-16/h1-4,6-7,9,11-15H,5,8,10H2,(H,27,28)/p-1/b19-15+. The van der Waals surface area contributed by atoms with Crippen LogP contribution in [0.4, 0.5) is 0 Å². The molecular formula is C25H18NO2-. The smallest absolute Gasteiger partial charge is 0.0725 e. The largest absolute Gasteiger partial charge is 0.545 e. The Morgan fingerprint density at radius 3 is 2.57 bits per heavy atom. The highest BCUT2D eigenvalue weighted by atomic mass is 16.4. The van der Waals surface area contributed by atoms with Gasteiger partial charge in [0.25, 0.3) is 0 Å². The van der Waals surface area contributed by atoms with Crippen LogP contribution in [0.3, 0.4) is 0 Å². The van der Waals surface area contributed by atoms with Crippen molar-refractivity contribution < 1.29 is 9.90 Å². The van der Waals surface area contributed by atoms with Crippen LogP contribution in [0.15, 0.2) is 66.7 Å². The van der Waals surface area contributed by atoms with Crippen LogP contribution in [0.5, 0.6) is 0 Å². The summed E-state index contributed by atoms with van der Waals surface area (Å²) in [6.07, 6.45) is 4.65. The molecule has 28 heavy (non-hydrogen) atoms. The average molecular weight is 364 g/mol. The molecule has 0 atom stereocenters. The van der Waals surface area contributed by atoms with E-state index in [-0.39, 0.29) is 0 Å². The summed E-state index contributed by atoms with van der Waals surface area (Å²) in [5, 5.41) is 15.0. The summed E-state index contributed by atoms with van der Waals surface area (Å²) in [4.78, 5) is 16.8. The molecule has 0 fully saturated rings. The fourth-order valence-electron chi connectivity index (χ4n) is 4.21. The Morgan fingerprint density at radius 2 is 1.71 bits per heavy atom. The molecule has 0 unspecified atom stereocenters. The van der Waals surface area contributed by atoms with Gasteiger partial charge in [0, 0.05) is 10.9 Å². The van der Waals surface area contributed by atoms with Crippen molar-refractivity contribution in [2.45, 2.75) is 19.3 Å². The molecule has 0 radical (unpaired) electrons. The van der Waals surface area contributed by atoms with Crippen LogP contribution >= 0.6 is 0 Å². The van der Waals surface area contributed by atoms with E-state index in [1.54, 1.807) is 0 Å². The number of aromatic carboxylic acids is 1. The maximum Gasteiger partial charge on any atom is 0.0725 e. The lowest BCUT2D eigenvalue weighted by atomic mass is 9.86. The van der Waals surface area contributed by atoms with Gasteiger partial charge in [-0.1, -0.05) is 54.6 Å². The molecule has 1 aliphatic carbocycles. The number of hydrogen-bond acceptors (Lipinski definition) is 3. The summed E-state index contributed by atoms with van der Waals surface area (Å²) < 4.78 is 0. The molecule has 3 heteroatoms. The third-order valence-electron chi connectivity index (χ3n) is 5.49. The summed E-state index contributed by atoms with van der Waals surface area (Å²) in [6.45, 7) is 0. The van der Waals surface area contributed by atoms with E-state index in [9.17, 15) is 9.90 Å². The predicted molar refractivity (Wildman–Crippen MR) is 111 cm³/mol. The van der Waals surface area contributed by atoms with Gasteiger partial charge in [-0.05, 0) is 64.9 Å². The number of pyridine rings is 1. The van der Waals surface area contributed by atoms with Gasteiger partial charge in [-0.2, -0.15) is 0 Å². The topological polar surface area (TPSA) is 53.0 Å². The molecule has 1 aliphatic rings. The van der Waals surface area contributed by atoms with Gasteiger partial charge in [-0.15, -0.1) is 0 Å². The highest BCUT2D eigenvalue weighted by Gasteiger charge is 2.22. The normalized spacial score (nSPS) is 15.1. The molecule has 3 nitrogen and oxygen atoms in total. The minimum atomic E-state index is -1.12. The van der Waals surface area contributed by atoms with Gasteiger partial charge in [0.05, 0.1) is 17.2 Å². The van der Waals surface area contributed by atoms with Crippen LogP contribution in [0, 0.1) is 0 Å². The quantitative estimate of drug-likeness (QED) is 0.521. The fraction of sp³-hybridized carbons (Fsp3) is 0.120.